The fraction of sp³-hybridized carbons (Fsp3) is 0.438. The van der Waals surface area contributed by atoms with Crippen LogP contribution in [0.1, 0.15) is 45.4 Å². The van der Waals surface area contributed by atoms with E-state index in [-0.39, 0.29) is 5.54 Å². The predicted molar refractivity (Wildman–Crippen MR) is 91.8 cm³/mol. The molecule has 3 rings (SSSR count). The summed E-state index contributed by atoms with van der Waals surface area (Å²) in [6.07, 6.45) is 2.40. The highest BCUT2D eigenvalue weighted by Crippen LogP contribution is 2.45. The molecule has 112 valence electrons. The van der Waals surface area contributed by atoms with E-state index in [2.05, 4.69) is 41.3 Å². The largest absolute Gasteiger partial charge is 0.383 e. The highest BCUT2D eigenvalue weighted by molar-refractivity contribution is 9.10. The summed E-state index contributed by atoms with van der Waals surface area (Å²) in [6, 6.07) is 5.71. The van der Waals surface area contributed by atoms with E-state index in [4.69, 9.17) is 22.3 Å². The van der Waals surface area contributed by atoms with Gasteiger partial charge in [0.05, 0.1) is 0 Å². The average Bonchev–Trinajstić information content (AvgIpc) is 3.13. The van der Waals surface area contributed by atoms with Gasteiger partial charge >= 0.3 is 0 Å². The van der Waals surface area contributed by atoms with Crippen molar-refractivity contribution < 1.29 is 0 Å². The highest BCUT2D eigenvalue weighted by atomic mass is 79.9. The molecule has 2 aromatic rings. The van der Waals surface area contributed by atoms with E-state index in [1.807, 2.05) is 18.2 Å². The Bertz CT molecular complexity index is 696. The van der Waals surface area contributed by atoms with E-state index < -0.39 is 0 Å². The first-order valence-corrected chi connectivity index (χ1v) is 8.30. The topological polar surface area (TPSA) is 43.8 Å². The molecule has 0 unspecified atom stereocenters. The zero-order valence-electron chi connectivity index (χ0n) is 12.5. The molecule has 0 atom stereocenters. The van der Waals surface area contributed by atoms with Crippen LogP contribution in [0.4, 0.5) is 5.82 Å². The molecule has 0 bridgehead atoms. The van der Waals surface area contributed by atoms with E-state index in [0.29, 0.717) is 10.9 Å². The maximum Gasteiger partial charge on any atom is 0.132 e. The molecular weight excluding hydrogens is 350 g/mol. The van der Waals surface area contributed by atoms with Gasteiger partial charge in [-0.2, -0.15) is 0 Å². The van der Waals surface area contributed by atoms with Gasteiger partial charge in [-0.05, 0) is 45.7 Å². The lowest BCUT2D eigenvalue weighted by molar-refractivity contribution is 0.388. The lowest BCUT2D eigenvalue weighted by Crippen LogP contribution is -2.25. The maximum atomic E-state index is 6.44. The smallest absolute Gasteiger partial charge is 0.132 e. The molecule has 21 heavy (non-hydrogen) atoms. The molecule has 0 saturated heterocycles. The summed E-state index contributed by atoms with van der Waals surface area (Å²) in [5.41, 5.74) is 8.19. The molecule has 3 nitrogen and oxygen atoms in total. The molecule has 1 heterocycles. The second-order valence-electron chi connectivity index (χ2n) is 6.61. The number of halogens is 2. The highest BCUT2D eigenvalue weighted by Gasteiger charge is 2.34. The summed E-state index contributed by atoms with van der Waals surface area (Å²) in [5, 5.41) is 0.696. The molecule has 0 aliphatic heterocycles. The molecule has 0 amide bonds. The average molecular weight is 369 g/mol. The molecular formula is C16H19BrClN3. The number of aromatic nitrogens is 2. The quantitative estimate of drug-likeness (QED) is 0.793. The lowest BCUT2D eigenvalue weighted by atomic mass is 10.1. The van der Waals surface area contributed by atoms with Crippen LogP contribution in [0.5, 0.6) is 0 Å². The van der Waals surface area contributed by atoms with Gasteiger partial charge in [-0.25, -0.2) is 4.98 Å². The summed E-state index contributed by atoms with van der Waals surface area (Å²) < 4.78 is 3.10. The molecule has 1 aliphatic rings. The summed E-state index contributed by atoms with van der Waals surface area (Å²) >= 11 is 9.59. The Labute approximate surface area is 138 Å². The van der Waals surface area contributed by atoms with Crippen LogP contribution in [0.15, 0.2) is 22.7 Å². The monoisotopic (exact) mass is 367 g/mol. The fourth-order valence-corrected chi connectivity index (χ4v) is 3.52. The van der Waals surface area contributed by atoms with Crippen molar-refractivity contribution in [3.05, 3.63) is 33.5 Å². The van der Waals surface area contributed by atoms with Gasteiger partial charge in [0.15, 0.2) is 0 Å². The first-order chi connectivity index (χ1) is 9.79. The minimum Gasteiger partial charge on any atom is -0.383 e. The second-order valence-corrected chi connectivity index (χ2v) is 7.90. The van der Waals surface area contributed by atoms with Crippen LogP contribution in [0, 0.1) is 0 Å². The van der Waals surface area contributed by atoms with Crippen LogP contribution in [0.2, 0.25) is 5.02 Å². The van der Waals surface area contributed by atoms with Gasteiger partial charge in [0.25, 0.3) is 0 Å². The number of anilines is 1. The number of hydrogen-bond acceptors (Lipinski definition) is 2. The minimum absolute atomic E-state index is 0.0772. The van der Waals surface area contributed by atoms with Crippen molar-refractivity contribution in [3.8, 4) is 11.3 Å². The third kappa shape index (κ3) is 2.71. The molecule has 0 spiro atoms. The van der Waals surface area contributed by atoms with Crippen molar-refractivity contribution in [3.63, 3.8) is 0 Å². The molecule has 1 aliphatic carbocycles. The lowest BCUT2D eigenvalue weighted by Gasteiger charge is -2.25. The van der Waals surface area contributed by atoms with E-state index in [0.717, 1.165) is 27.4 Å². The Morgan fingerprint density at radius 2 is 2.00 bits per heavy atom. The van der Waals surface area contributed by atoms with Gasteiger partial charge in [-0.15, -0.1) is 0 Å². The van der Waals surface area contributed by atoms with E-state index in [1.54, 1.807) is 0 Å². The maximum absolute atomic E-state index is 6.44. The number of nitrogen functional groups attached to an aromatic ring is 1. The van der Waals surface area contributed by atoms with Crippen LogP contribution in [0.3, 0.4) is 0 Å². The van der Waals surface area contributed by atoms with Crippen LogP contribution in [0.25, 0.3) is 11.3 Å². The van der Waals surface area contributed by atoms with Crippen LogP contribution >= 0.6 is 27.5 Å². The zero-order chi connectivity index (χ0) is 15.4. The summed E-state index contributed by atoms with van der Waals surface area (Å²) in [5.74, 6) is 2.38. The number of rotatable bonds is 2. The van der Waals surface area contributed by atoms with Gasteiger partial charge in [-0.3, -0.25) is 0 Å². The summed E-state index contributed by atoms with van der Waals surface area (Å²) in [7, 11) is 0. The van der Waals surface area contributed by atoms with Crippen LogP contribution in [-0.4, -0.2) is 9.55 Å². The Balaban J connectivity index is 2.20. The zero-order valence-corrected chi connectivity index (χ0v) is 14.8. The number of benzene rings is 1. The van der Waals surface area contributed by atoms with Crippen molar-refractivity contribution in [2.24, 2.45) is 0 Å². The normalized spacial score (nSPS) is 15.5. The Kier molecular flexibility index (Phi) is 3.57. The van der Waals surface area contributed by atoms with E-state index >= 15 is 0 Å². The van der Waals surface area contributed by atoms with Crippen LogP contribution in [-0.2, 0) is 5.54 Å². The van der Waals surface area contributed by atoms with Crippen molar-refractivity contribution in [1.29, 1.82) is 0 Å². The summed E-state index contributed by atoms with van der Waals surface area (Å²) in [6.45, 7) is 6.49. The van der Waals surface area contributed by atoms with E-state index in [1.165, 1.54) is 12.8 Å². The molecule has 1 aromatic heterocycles. The molecule has 1 fully saturated rings. The van der Waals surface area contributed by atoms with Gasteiger partial charge in [0.2, 0.25) is 0 Å². The first-order valence-electron chi connectivity index (χ1n) is 7.13. The van der Waals surface area contributed by atoms with Crippen LogP contribution < -0.4 is 5.73 Å². The second kappa shape index (κ2) is 5.03. The van der Waals surface area contributed by atoms with Gasteiger partial charge in [0, 0.05) is 26.5 Å². The molecule has 1 saturated carbocycles. The standard InChI is InChI=1S/C16H19BrClN3/c1-16(2,3)21-14(19)13(20-15(21)9-4-5-9)11-7-6-10(18)8-12(11)17/h6-9H,4-5,19H2,1-3H3. The Morgan fingerprint density at radius 3 is 2.52 bits per heavy atom. The van der Waals surface area contributed by atoms with E-state index in [9.17, 15) is 0 Å². The SMILES string of the molecule is CC(C)(C)n1c(C2CC2)nc(-c2ccc(Cl)cc2Br)c1N. The Morgan fingerprint density at radius 1 is 1.33 bits per heavy atom. The number of imidazole rings is 1. The first kappa shape index (κ1) is 14.9. The third-order valence-corrected chi connectivity index (χ3v) is 4.63. The van der Waals surface area contributed by atoms with Crippen molar-refractivity contribution in [2.75, 3.05) is 5.73 Å². The van der Waals surface area contributed by atoms with Crippen molar-refractivity contribution in [1.82, 2.24) is 9.55 Å². The molecule has 2 N–H and O–H groups in total. The molecule has 0 radical (unpaired) electrons. The number of nitrogens with two attached hydrogens (primary N) is 1. The molecule has 1 aromatic carbocycles. The summed E-state index contributed by atoms with van der Waals surface area (Å²) in [4.78, 5) is 4.86. The minimum atomic E-state index is -0.0772. The van der Waals surface area contributed by atoms with Crippen molar-refractivity contribution >= 4 is 33.3 Å². The fourth-order valence-electron chi connectivity index (χ4n) is 2.65. The van der Waals surface area contributed by atoms with Gasteiger partial charge in [-0.1, -0.05) is 33.6 Å². The third-order valence-electron chi connectivity index (χ3n) is 3.74. The number of hydrogen-bond donors (Lipinski definition) is 1. The molecule has 5 heteroatoms. The van der Waals surface area contributed by atoms with Gasteiger partial charge in [0.1, 0.15) is 17.3 Å². The number of nitrogens with zero attached hydrogens (tertiary/aromatic N) is 2. The van der Waals surface area contributed by atoms with Gasteiger partial charge < -0.3 is 10.3 Å². The predicted octanol–water partition coefficient (Wildman–Crippen LogP) is 5.18. The van der Waals surface area contributed by atoms with Crippen molar-refractivity contribution in [2.45, 2.75) is 45.1 Å². The Hall–Kier alpha value is -1.00.